The Bertz CT molecular complexity index is 695. The van der Waals surface area contributed by atoms with Gasteiger partial charge in [0.25, 0.3) is 0 Å². The number of nitrogen functional groups attached to an aromatic ring is 1. The maximum atomic E-state index is 12.4. The summed E-state index contributed by atoms with van der Waals surface area (Å²) in [5, 5.41) is 3.52. The predicted octanol–water partition coefficient (Wildman–Crippen LogP) is 3.44. The smallest absolute Gasteiger partial charge is 0.233 e. The maximum Gasteiger partial charge on any atom is 0.233 e. The lowest BCUT2D eigenvalue weighted by molar-refractivity contribution is -0.120. The lowest BCUT2D eigenvalue weighted by Crippen LogP contribution is -2.35. The van der Waals surface area contributed by atoms with Crippen LogP contribution in [-0.2, 0) is 4.79 Å². The van der Waals surface area contributed by atoms with E-state index in [0.29, 0.717) is 11.1 Å². The number of hydrogen-bond donors (Lipinski definition) is 2. The number of amides is 1. The van der Waals surface area contributed by atoms with Crippen LogP contribution in [0.25, 0.3) is 11.3 Å². The zero-order valence-corrected chi connectivity index (χ0v) is 15.5. The van der Waals surface area contributed by atoms with Crippen LogP contribution >= 0.6 is 11.8 Å². The number of imidazole rings is 1. The molecule has 0 saturated heterocycles. The van der Waals surface area contributed by atoms with Gasteiger partial charge in [-0.15, -0.1) is 0 Å². The van der Waals surface area contributed by atoms with Crippen molar-refractivity contribution in [1.82, 2.24) is 15.0 Å². The molecule has 0 spiro atoms. The van der Waals surface area contributed by atoms with E-state index in [1.165, 1.54) is 48.5 Å². The van der Waals surface area contributed by atoms with Gasteiger partial charge in [0.05, 0.1) is 17.1 Å². The molecule has 1 aliphatic rings. The normalized spacial score (nSPS) is 16.5. The van der Waals surface area contributed by atoms with E-state index in [2.05, 4.69) is 10.3 Å². The van der Waals surface area contributed by atoms with Crippen molar-refractivity contribution in [3.63, 3.8) is 0 Å². The van der Waals surface area contributed by atoms with Gasteiger partial charge in [-0.25, -0.2) is 9.66 Å². The van der Waals surface area contributed by atoms with Crippen molar-refractivity contribution < 1.29 is 4.79 Å². The molecule has 3 N–H and O–H groups in total. The standard InChI is InChI=1S/C19H26N4OS/c1-14(18(24)21-12-15-8-4-2-5-9-15)25-19-22-17(13-23(19)20)16-10-6-3-7-11-16/h3,6-7,10-11,13-15H,2,4-5,8-9,12,20H2,1H3,(H,21,24). The number of thioether (sulfide) groups is 1. The summed E-state index contributed by atoms with van der Waals surface area (Å²) in [5.74, 6) is 6.71. The van der Waals surface area contributed by atoms with Crippen LogP contribution in [0.1, 0.15) is 39.0 Å². The summed E-state index contributed by atoms with van der Waals surface area (Å²) in [6.45, 7) is 2.69. The molecule has 5 nitrogen and oxygen atoms in total. The van der Waals surface area contributed by atoms with Crippen LogP contribution < -0.4 is 11.2 Å². The summed E-state index contributed by atoms with van der Waals surface area (Å²) in [6.07, 6.45) is 8.17. The largest absolute Gasteiger partial charge is 0.355 e. The van der Waals surface area contributed by atoms with Gasteiger partial charge in [0.15, 0.2) is 5.16 Å². The molecule has 1 atom stereocenters. The Morgan fingerprint density at radius 2 is 2.04 bits per heavy atom. The SMILES string of the molecule is CC(Sc1nc(-c2ccccc2)cn1N)C(=O)NCC1CCCCC1. The second-order valence-corrected chi connectivity index (χ2v) is 8.00. The summed E-state index contributed by atoms with van der Waals surface area (Å²) in [5.41, 5.74) is 1.84. The summed E-state index contributed by atoms with van der Waals surface area (Å²) < 4.78 is 1.50. The summed E-state index contributed by atoms with van der Waals surface area (Å²) >= 11 is 1.40. The lowest BCUT2D eigenvalue weighted by atomic mass is 9.89. The van der Waals surface area contributed by atoms with Crippen molar-refractivity contribution in [1.29, 1.82) is 0 Å². The minimum Gasteiger partial charge on any atom is -0.355 e. The second-order valence-electron chi connectivity index (χ2n) is 6.69. The highest BCUT2D eigenvalue weighted by atomic mass is 32.2. The van der Waals surface area contributed by atoms with Crippen molar-refractivity contribution in [2.75, 3.05) is 12.4 Å². The number of nitrogens with one attached hydrogen (secondary N) is 1. The molecule has 2 aromatic rings. The predicted molar refractivity (Wildman–Crippen MR) is 103 cm³/mol. The van der Waals surface area contributed by atoms with E-state index < -0.39 is 0 Å². The van der Waals surface area contributed by atoms with Gasteiger partial charge in [0.1, 0.15) is 0 Å². The Balaban J connectivity index is 1.56. The van der Waals surface area contributed by atoms with Crippen LogP contribution in [0.3, 0.4) is 0 Å². The molecule has 1 fully saturated rings. The first kappa shape index (κ1) is 17.9. The first-order valence-electron chi connectivity index (χ1n) is 8.97. The number of carbonyl (C=O) groups is 1. The zero-order valence-electron chi connectivity index (χ0n) is 14.6. The fraction of sp³-hybridized carbons (Fsp3) is 0.474. The molecule has 134 valence electrons. The van der Waals surface area contributed by atoms with Gasteiger partial charge < -0.3 is 11.2 Å². The van der Waals surface area contributed by atoms with Crippen molar-refractivity contribution in [2.24, 2.45) is 5.92 Å². The molecule has 1 heterocycles. The van der Waals surface area contributed by atoms with Gasteiger partial charge in [-0.1, -0.05) is 61.4 Å². The highest BCUT2D eigenvalue weighted by Gasteiger charge is 2.20. The molecule has 1 aliphatic carbocycles. The molecule has 25 heavy (non-hydrogen) atoms. The Morgan fingerprint density at radius 3 is 2.76 bits per heavy atom. The highest BCUT2D eigenvalue weighted by Crippen LogP contribution is 2.26. The molecule has 1 saturated carbocycles. The fourth-order valence-corrected chi connectivity index (χ4v) is 4.04. The Kier molecular flexibility index (Phi) is 6.02. The third-order valence-corrected chi connectivity index (χ3v) is 5.79. The molecule has 0 radical (unpaired) electrons. The maximum absolute atomic E-state index is 12.4. The molecule has 1 aromatic heterocycles. The minimum absolute atomic E-state index is 0.0554. The van der Waals surface area contributed by atoms with Crippen molar-refractivity contribution >= 4 is 17.7 Å². The summed E-state index contributed by atoms with van der Waals surface area (Å²) in [7, 11) is 0. The van der Waals surface area contributed by atoms with Gasteiger partial charge in [0.2, 0.25) is 5.91 Å². The Labute approximate surface area is 153 Å². The van der Waals surface area contributed by atoms with E-state index in [4.69, 9.17) is 5.84 Å². The quantitative estimate of drug-likeness (QED) is 0.613. The number of rotatable bonds is 6. The average Bonchev–Trinajstić information content (AvgIpc) is 3.02. The number of carbonyl (C=O) groups excluding carboxylic acids is 1. The average molecular weight is 359 g/mol. The zero-order chi connectivity index (χ0) is 17.6. The Hall–Kier alpha value is -1.95. The first-order valence-corrected chi connectivity index (χ1v) is 9.85. The molecule has 6 heteroatoms. The van der Waals surface area contributed by atoms with E-state index >= 15 is 0 Å². The number of nitrogens with zero attached hydrogens (tertiary/aromatic N) is 2. The van der Waals surface area contributed by atoms with Crippen LogP contribution in [0, 0.1) is 5.92 Å². The van der Waals surface area contributed by atoms with E-state index in [1.54, 1.807) is 6.20 Å². The molecule has 0 bridgehead atoms. The van der Waals surface area contributed by atoms with Crippen LogP contribution in [-0.4, -0.2) is 27.4 Å². The van der Waals surface area contributed by atoms with Gasteiger partial charge in [-0.3, -0.25) is 4.79 Å². The summed E-state index contributed by atoms with van der Waals surface area (Å²) in [6, 6.07) is 9.91. The van der Waals surface area contributed by atoms with E-state index in [9.17, 15) is 4.79 Å². The van der Waals surface area contributed by atoms with Crippen LogP contribution in [0.15, 0.2) is 41.7 Å². The second kappa shape index (κ2) is 8.43. The van der Waals surface area contributed by atoms with E-state index in [1.807, 2.05) is 37.3 Å². The minimum atomic E-state index is -0.225. The third kappa shape index (κ3) is 4.78. The fourth-order valence-electron chi connectivity index (χ4n) is 3.20. The molecular formula is C19H26N4OS. The number of hydrogen-bond acceptors (Lipinski definition) is 4. The van der Waals surface area contributed by atoms with Crippen molar-refractivity contribution in [3.05, 3.63) is 36.5 Å². The molecule has 1 amide bonds. The van der Waals surface area contributed by atoms with Gasteiger partial charge in [0, 0.05) is 12.1 Å². The van der Waals surface area contributed by atoms with E-state index in [0.717, 1.165) is 17.8 Å². The van der Waals surface area contributed by atoms with Gasteiger partial charge in [-0.05, 0) is 25.7 Å². The topological polar surface area (TPSA) is 72.9 Å². The third-order valence-electron chi connectivity index (χ3n) is 4.71. The highest BCUT2D eigenvalue weighted by molar-refractivity contribution is 8.00. The number of nitrogens with two attached hydrogens (primary N) is 1. The van der Waals surface area contributed by atoms with Crippen LogP contribution in [0.2, 0.25) is 0 Å². The first-order chi connectivity index (χ1) is 12.1. The van der Waals surface area contributed by atoms with Gasteiger partial charge in [-0.2, -0.15) is 0 Å². The monoisotopic (exact) mass is 358 g/mol. The molecule has 3 rings (SSSR count). The Morgan fingerprint density at radius 1 is 1.32 bits per heavy atom. The lowest BCUT2D eigenvalue weighted by Gasteiger charge is -2.22. The van der Waals surface area contributed by atoms with Crippen molar-refractivity contribution in [3.8, 4) is 11.3 Å². The van der Waals surface area contributed by atoms with Crippen LogP contribution in [0.4, 0.5) is 0 Å². The van der Waals surface area contributed by atoms with E-state index in [-0.39, 0.29) is 11.2 Å². The molecule has 1 unspecified atom stereocenters. The number of aromatic nitrogens is 2. The van der Waals surface area contributed by atoms with Crippen LogP contribution in [0.5, 0.6) is 0 Å². The van der Waals surface area contributed by atoms with Crippen molar-refractivity contribution in [2.45, 2.75) is 49.4 Å². The molecule has 1 aromatic carbocycles. The summed E-state index contributed by atoms with van der Waals surface area (Å²) in [4.78, 5) is 16.9. The molecular weight excluding hydrogens is 332 g/mol. The number of benzene rings is 1. The molecule has 0 aliphatic heterocycles. The van der Waals surface area contributed by atoms with Gasteiger partial charge >= 0.3 is 0 Å².